The number of furan rings is 1. The summed E-state index contributed by atoms with van der Waals surface area (Å²) in [6.07, 6.45) is 1.48. The van der Waals surface area contributed by atoms with Crippen molar-refractivity contribution in [3.63, 3.8) is 0 Å². The average Bonchev–Trinajstić information content (AvgIpc) is 3.32. The molecule has 28 heavy (non-hydrogen) atoms. The van der Waals surface area contributed by atoms with E-state index < -0.39 is 12.5 Å². The number of nitrogens with zero attached hydrogens (tertiary/aromatic N) is 2. The highest BCUT2D eigenvalue weighted by atomic mass is 19.3. The fourth-order valence-electron chi connectivity index (χ4n) is 2.78. The summed E-state index contributed by atoms with van der Waals surface area (Å²) in [4.78, 5) is 17.3. The van der Waals surface area contributed by atoms with Gasteiger partial charge >= 0.3 is 6.61 Å². The van der Waals surface area contributed by atoms with Gasteiger partial charge in [0.1, 0.15) is 11.4 Å². The monoisotopic (exact) mass is 385 g/mol. The van der Waals surface area contributed by atoms with Crippen molar-refractivity contribution in [2.75, 3.05) is 5.32 Å². The molecular weight excluding hydrogens is 372 g/mol. The van der Waals surface area contributed by atoms with Crippen LogP contribution >= 0.6 is 0 Å². The molecule has 0 unspecified atom stereocenters. The normalized spacial score (nSPS) is 11.1. The summed E-state index contributed by atoms with van der Waals surface area (Å²) in [5, 5.41) is 6.86. The highest BCUT2D eigenvalue weighted by Crippen LogP contribution is 2.30. The van der Waals surface area contributed by atoms with E-state index in [1.54, 1.807) is 25.1 Å². The zero-order valence-corrected chi connectivity index (χ0v) is 14.5. The predicted octanol–water partition coefficient (Wildman–Crippen LogP) is 4.64. The molecule has 9 heteroatoms. The average molecular weight is 385 g/mol. The molecule has 0 saturated carbocycles. The topological polar surface area (TPSA) is 90.4 Å². The summed E-state index contributed by atoms with van der Waals surface area (Å²) >= 11 is 0. The van der Waals surface area contributed by atoms with Crippen LogP contribution in [0.4, 0.5) is 14.5 Å². The van der Waals surface area contributed by atoms with E-state index in [2.05, 4.69) is 20.2 Å². The fraction of sp³-hybridized carbons (Fsp3) is 0.105. The van der Waals surface area contributed by atoms with E-state index in [0.29, 0.717) is 22.5 Å². The largest absolute Gasteiger partial charge is 0.463 e. The predicted molar refractivity (Wildman–Crippen MR) is 95.3 cm³/mol. The highest BCUT2D eigenvalue weighted by molar-refractivity contribution is 6.13. The molecule has 0 spiro atoms. The maximum atomic E-state index is 13.0. The number of benzene rings is 1. The Kier molecular flexibility index (Phi) is 4.48. The zero-order chi connectivity index (χ0) is 19.7. The maximum Gasteiger partial charge on any atom is 0.387 e. The number of anilines is 1. The lowest BCUT2D eigenvalue weighted by molar-refractivity contribution is -0.0493. The van der Waals surface area contributed by atoms with Crippen LogP contribution < -0.4 is 10.1 Å². The van der Waals surface area contributed by atoms with E-state index >= 15 is 0 Å². The number of aromatic nitrogens is 2. The summed E-state index contributed by atoms with van der Waals surface area (Å²) < 4.78 is 40.2. The Hall–Kier alpha value is -3.75. The van der Waals surface area contributed by atoms with Crippen LogP contribution in [-0.4, -0.2) is 22.7 Å². The van der Waals surface area contributed by atoms with Gasteiger partial charge in [0.25, 0.3) is 11.6 Å². The van der Waals surface area contributed by atoms with Gasteiger partial charge in [-0.2, -0.15) is 8.78 Å². The molecule has 142 valence electrons. The number of hydrogen-bond donors (Lipinski definition) is 1. The molecule has 7 nitrogen and oxygen atoms in total. The lowest BCUT2D eigenvalue weighted by Gasteiger charge is -2.12. The van der Waals surface area contributed by atoms with Crippen molar-refractivity contribution >= 4 is 22.7 Å². The molecule has 0 aliphatic heterocycles. The molecule has 1 amide bonds. The number of pyridine rings is 1. The molecule has 0 aliphatic rings. The second-order valence-corrected chi connectivity index (χ2v) is 5.81. The van der Waals surface area contributed by atoms with Gasteiger partial charge in [-0.25, -0.2) is 4.98 Å². The molecule has 0 fully saturated rings. The number of amides is 1. The molecule has 4 aromatic rings. The van der Waals surface area contributed by atoms with E-state index in [1.165, 1.54) is 30.5 Å². The quantitative estimate of drug-likeness (QED) is 0.538. The lowest BCUT2D eigenvalue weighted by atomic mass is 10.1. The van der Waals surface area contributed by atoms with E-state index in [9.17, 15) is 13.6 Å². The Morgan fingerprint density at radius 1 is 1.21 bits per heavy atom. The molecule has 3 heterocycles. The van der Waals surface area contributed by atoms with Gasteiger partial charge in [-0.3, -0.25) is 4.79 Å². The maximum absolute atomic E-state index is 13.0. The number of para-hydroxylation sites is 2. The standard InChI is InChI=1S/C19H13F2N3O4/c1-10-16-11(9-13(14-7-4-8-26-14)23-18(16)28-24-10)17(25)22-12-5-2-3-6-15(12)27-19(20)21/h2-9,19H,1H3,(H,22,25). The van der Waals surface area contributed by atoms with Crippen molar-refractivity contribution in [1.82, 2.24) is 10.1 Å². The van der Waals surface area contributed by atoms with Crippen molar-refractivity contribution in [3.8, 4) is 17.2 Å². The van der Waals surface area contributed by atoms with Crippen LogP contribution in [-0.2, 0) is 0 Å². The number of fused-ring (bicyclic) bond motifs is 1. The first-order valence-corrected chi connectivity index (χ1v) is 8.19. The van der Waals surface area contributed by atoms with Gasteiger partial charge in [-0.05, 0) is 37.3 Å². The van der Waals surface area contributed by atoms with Crippen molar-refractivity contribution in [1.29, 1.82) is 0 Å². The van der Waals surface area contributed by atoms with Crippen molar-refractivity contribution in [3.05, 3.63) is 60.0 Å². The van der Waals surface area contributed by atoms with Crippen molar-refractivity contribution in [2.24, 2.45) is 0 Å². The minimum Gasteiger partial charge on any atom is -0.463 e. The number of carbonyl (C=O) groups is 1. The van der Waals surface area contributed by atoms with Crippen LogP contribution in [0.2, 0.25) is 0 Å². The van der Waals surface area contributed by atoms with Crippen LogP contribution in [0.25, 0.3) is 22.6 Å². The second-order valence-electron chi connectivity index (χ2n) is 5.81. The van der Waals surface area contributed by atoms with Gasteiger partial charge in [-0.1, -0.05) is 17.3 Å². The van der Waals surface area contributed by atoms with Crippen LogP contribution in [0.15, 0.2) is 57.7 Å². The molecule has 0 atom stereocenters. The molecule has 0 radical (unpaired) electrons. The number of aryl methyl sites for hydroxylation is 1. The third-order valence-electron chi connectivity index (χ3n) is 3.99. The first-order chi connectivity index (χ1) is 13.5. The molecule has 0 bridgehead atoms. The van der Waals surface area contributed by atoms with E-state index in [-0.39, 0.29) is 22.7 Å². The van der Waals surface area contributed by atoms with Gasteiger partial charge < -0.3 is 19.0 Å². The molecule has 0 saturated heterocycles. The summed E-state index contributed by atoms with van der Waals surface area (Å²) in [7, 11) is 0. The van der Waals surface area contributed by atoms with Gasteiger partial charge in [0, 0.05) is 0 Å². The number of halogens is 2. The number of hydrogen-bond acceptors (Lipinski definition) is 6. The second kappa shape index (κ2) is 7.10. The van der Waals surface area contributed by atoms with Gasteiger partial charge in [0.2, 0.25) is 0 Å². The number of nitrogens with one attached hydrogen (secondary N) is 1. The van der Waals surface area contributed by atoms with Crippen LogP contribution in [0.1, 0.15) is 16.1 Å². The minimum absolute atomic E-state index is 0.103. The number of alkyl halides is 2. The molecular formula is C19H13F2N3O4. The third kappa shape index (κ3) is 3.29. The molecule has 3 aromatic heterocycles. The van der Waals surface area contributed by atoms with Gasteiger partial charge in [-0.15, -0.1) is 0 Å². The molecule has 4 rings (SSSR count). The third-order valence-corrected chi connectivity index (χ3v) is 3.99. The van der Waals surface area contributed by atoms with Crippen molar-refractivity contribution < 1.29 is 27.3 Å². The Bertz CT molecular complexity index is 1140. The van der Waals surface area contributed by atoms with Gasteiger partial charge in [0.05, 0.1) is 28.6 Å². The van der Waals surface area contributed by atoms with Gasteiger partial charge in [0.15, 0.2) is 5.76 Å². The molecule has 0 aliphatic carbocycles. The summed E-state index contributed by atoms with van der Waals surface area (Å²) in [5.74, 6) is -0.271. The van der Waals surface area contributed by atoms with Crippen LogP contribution in [0, 0.1) is 6.92 Å². The summed E-state index contributed by atoms with van der Waals surface area (Å²) in [6.45, 7) is -1.35. The number of ether oxygens (including phenoxy) is 1. The summed E-state index contributed by atoms with van der Waals surface area (Å²) in [5.41, 5.74) is 1.31. The number of carbonyl (C=O) groups excluding carboxylic acids is 1. The highest BCUT2D eigenvalue weighted by Gasteiger charge is 2.21. The Balaban J connectivity index is 1.76. The SMILES string of the molecule is Cc1noc2nc(-c3ccco3)cc(C(=O)Nc3ccccc3OC(F)F)c12. The lowest BCUT2D eigenvalue weighted by Crippen LogP contribution is -2.15. The first kappa shape index (κ1) is 17.7. The van der Waals surface area contributed by atoms with Crippen LogP contribution in [0.3, 0.4) is 0 Å². The van der Waals surface area contributed by atoms with E-state index in [1.807, 2.05) is 0 Å². The fourth-order valence-corrected chi connectivity index (χ4v) is 2.78. The summed E-state index contributed by atoms with van der Waals surface area (Å²) in [6, 6.07) is 10.8. The zero-order valence-electron chi connectivity index (χ0n) is 14.5. The smallest absolute Gasteiger partial charge is 0.387 e. The Morgan fingerprint density at radius 3 is 2.79 bits per heavy atom. The van der Waals surface area contributed by atoms with E-state index in [0.717, 1.165) is 0 Å². The van der Waals surface area contributed by atoms with Crippen LogP contribution in [0.5, 0.6) is 5.75 Å². The minimum atomic E-state index is -3.02. The first-order valence-electron chi connectivity index (χ1n) is 8.19. The van der Waals surface area contributed by atoms with Crippen molar-refractivity contribution in [2.45, 2.75) is 13.5 Å². The molecule has 1 N–H and O–H groups in total. The molecule has 1 aromatic carbocycles. The Labute approximate surface area is 156 Å². The Morgan fingerprint density at radius 2 is 2.04 bits per heavy atom. The van der Waals surface area contributed by atoms with E-state index in [4.69, 9.17) is 8.94 Å². The number of rotatable bonds is 5.